The van der Waals surface area contributed by atoms with Crippen molar-refractivity contribution in [3.63, 3.8) is 0 Å². The summed E-state index contributed by atoms with van der Waals surface area (Å²) in [5.74, 6) is 0.948. The molecule has 0 aliphatic heterocycles. The number of thiocyanates is 2. The number of thioether (sulfide) groups is 2. The van der Waals surface area contributed by atoms with Crippen molar-refractivity contribution in [2.75, 3.05) is 11.5 Å². The molecule has 0 amide bonds. The van der Waals surface area contributed by atoms with Crippen molar-refractivity contribution in [2.45, 2.75) is 0 Å². The van der Waals surface area contributed by atoms with Gasteiger partial charge in [-0.25, -0.2) is 0 Å². The summed E-state index contributed by atoms with van der Waals surface area (Å²) in [7, 11) is 0. The number of halogens is 4. The second-order valence-corrected chi connectivity index (χ2v) is 4.80. The molecule has 0 fully saturated rings. The third-order valence-corrected chi connectivity index (χ3v) is 3.51. The van der Waals surface area contributed by atoms with Crippen LogP contribution in [0.4, 0.5) is 0 Å². The van der Waals surface area contributed by atoms with Gasteiger partial charge in [0.2, 0.25) is 0 Å². The van der Waals surface area contributed by atoms with Crippen LogP contribution in [0.15, 0.2) is 21.1 Å². The molecule has 0 aromatic rings. The summed E-state index contributed by atoms with van der Waals surface area (Å²) >= 11 is 23.3. The summed E-state index contributed by atoms with van der Waals surface area (Å²) in [5.41, 5.74) is 2.51. The normalized spacial score (nSPS) is 10.9. The fourth-order valence-electron chi connectivity index (χ4n) is 0.265. The largest absolute Gasteiger partial charge is 0.185 e. The smallest absolute Gasteiger partial charge is 0.133 e. The number of nitrogens with zero attached hydrogens (tertiary/aromatic N) is 2. The molecule has 0 bridgehead atoms. The van der Waals surface area contributed by atoms with Gasteiger partial charge in [-0.05, 0) is 23.5 Å². The van der Waals surface area contributed by atoms with E-state index in [0.29, 0.717) is 21.6 Å². The predicted octanol–water partition coefficient (Wildman–Crippen LogP) is 5.04. The predicted molar refractivity (Wildman–Crippen MR) is 75.7 cm³/mol. The minimum Gasteiger partial charge on any atom is -0.185 e. The van der Waals surface area contributed by atoms with Crippen LogP contribution in [0.5, 0.6) is 0 Å². The van der Waals surface area contributed by atoms with E-state index in [-0.39, 0.29) is 0 Å². The molecular formula is C8H6Cl4N2S2. The molecule has 0 aromatic carbocycles. The first-order valence-electron chi connectivity index (χ1n) is 3.53. The van der Waals surface area contributed by atoms with Gasteiger partial charge in [-0.1, -0.05) is 46.4 Å². The zero-order chi connectivity index (χ0) is 12.8. The van der Waals surface area contributed by atoms with E-state index in [4.69, 9.17) is 56.9 Å². The van der Waals surface area contributed by atoms with Gasteiger partial charge in [-0.2, -0.15) is 10.5 Å². The van der Waals surface area contributed by atoms with Gasteiger partial charge in [0.15, 0.2) is 0 Å². The van der Waals surface area contributed by atoms with Crippen LogP contribution >= 0.6 is 69.9 Å². The van der Waals surface area contributed by atoms with Gasteiger partial charge in [0.05, 0.1) is 0 Å². The summed E-state index contributed by atoms with van der Waals surface area (Å²) in [6.45, 7) is 0. The topological polar surface area (TPSA) is 47.6 Å². The highest BCUT2D eigenvalue weighted by Crippen LogP contribution is 2.10. The average Bonchev–Trinajstić information content (AvgIpc) is 2.33. The Morgan fingerprint density at radius 3 is 1.44 bits per heavy atom. The van der Waals surface area contributed by atoms with Gasteiger partial charge >= 0.3 is 0 Å². The molecule has 0 atom stereocenters. The number of rotatable bonds is 4. The van der Waals surface area contributed by atoms with Crippen molar-refractivity contribution < 1.29 is 0 Å². The lowest BCUT2D eigenvalue weighted by atomic mass is 10.7. The zero-order valence-electron chi connectivity index (χ0n) is 7.79. The first-order chi connectivity index (χ1) is 7.62. The van der Waals surface area contributed by atoms with E-state index >= 15 is 0 Å². The van der Waals surface area contributed by atoms with Gasteiger partial charge in [-0.3, -0.25) is 0 Å². The van der Waals surface area contributed by atoms with E-state index in [2.05, 4.69) is 0 Å². The summed E-state index contributed by atoms with van der Waals surface area (Å²) in [5, 5.41) is 20.7. The molecule has 16 heavy (non-hydrogen) atoms. The van der Waals surface area contributed by atoms with Crippen molar-refractivity contribution in [1.82, 2.24) is 0 Å². The molecule has 0 spiro atoms. The second kappa shape index (κ2) is 15.3. The Labute approximate surface area is 123 Å². The molecule has 0 radical (unpaired) electrons. The maximum Gasteiger partial charge on any atom is 0.133 e. The van der Waals surface area contributed by atoms with Crippen LogP contribution in [-0.2, 0) is 0 Å². The monoisotopic (exact) mass is 334 g/mol. The number of hydrogen-bond acceptors (Lipinski definition) is 4. The lowest BCUT2D eigenvalue weighted by molar-refractivity contribution is 1.56. The molecule has 2 nitrogen and oxygen atoms in total. The number of hydrogen-bond donors (Lipinski definition) is 0. The Morgan fingerprint density at radius 2 is 1.25 bits per heavy atom. The van der Waals surface area contributed by atoms with Crippen LogP contribution in [0.25, 0.3) is 0 Å². The van der Waals surface area contributed by atoms with Crippen molar-refractivity contribution in [3.05, 3.63) is 21.1 Å². The van der Waals surface area contributed by atoms with Crippen molar-refractivity contribution >= 4 is 69.9 Å². The highest BCUT2D eigenvalue weighted by Gasteiger charge is 1.88. The number of nitriles is 2. The van der Waals surface area contributed by atoms with Gasteiger partial charge in [0.25, 0.3) is 0 Å². The zero-order valence-corrected chi connectivity index (χ0v) is 12.4. The maximum atomic E-state index is 7.99. The summed E-state index contributed by atoms with van der Waals surface area (Å²) in [6, 6.07) is 0. The molecule has 0 heterocycles. The molecule has 0 aliphatic rings. The van der Waals surface area contributed by atoms with Crippen LogP contribution in [-0.4, -0.2) is 11.5 Å². The Kier molecular flexibility index (Phi) is 17.9. The Hall–Kier alpha value is 0.320. The van der Waals surface area contributed by atoms with Crippen LogP contribution in [0.3, 0.4) is 0 Å². The molecular weight excluding hydrogens is 330 g/mol. The minimum atomic E-state index is 0.474. The molecule has 0 rings (SSSR count). The first kappa shape index (κ1) is 18.7. The molecule has 0 unspecified atom stereocenters. The Bertz CT molecular complexity index is 285. The van der Waals surface area contributed by atoms with Gasteiger partial charge in [0.1, 0.15) is 10.8 Å². The Balaban J connectivity index is 0. The highest BCUT2D eigenvalue weighted by atomic mass is 35.5. The van der Waals surface area contributed by atoms with Crippen molar-refractivity contribution in [3.8, 4) is 10.8 Å². The standard InChI is InChI=1S/2C4H3Cl2NS/c2*5-1-4(6)2-8-3-7/h2*1H,2H2/b2*4-1-. The molecule has 88 valence electrons. The lowest BCUT2D eigenvalue weighted by Crippen LogP contribution is -1.70. The van der Waals surface area contributed by atoms with E-state index in [1.807, 2.05) is 10.8 Å². The molecule has 0 saturated carbocycles. The molecule has 0 saturated heterocycles. The van der Waals surface area contributed by atoms with Crippen molar-refractivity contribution in [2.24, 2.45) is 0 Å². The molecule has 0 aliphatic carbocycles. The third-order valence-electron chi connectivity index (χ3n) is 0.786. The van der Waals surface area contributed by atoms with Gasteiger partial charge < -0.3 is 0 Å². The molecule has 8 heteroatoms. The third kappa shape index (κ3) is 16.7. The second-order valence-electron chi connectivity index (χ2n) is 1.87. The molecule has 0 aromatic heterocycles. The van der Waals surface area contributed by atoms with Crippen molar-refractivity contribution in [1.29, 1.82) is 10.5 Å². The van der Waals surface area contributed by atoms with Gasteiger partial charge in [-0.15, -0.1) is 0 Å². The SMILES string of the molecule is N#CSC/C(Cl)=C/Cl.N#CSC/C(Cl)=C/Cl. The van der Waals surface area contributed by atoms with E-state index < -0.39 is 0 Å². The van der Waals surface area contributed by atoms with Gasteiger partial charge in [0, 0.05) is 32.6 Å². The first-order valence-corrected chi connectivity index (χ1v) is 7.13. The molecule has 0 N–H and O–H groups in total. The van der Waals surface area contributed by atoms with Crippen LogP contribution in [0.1, 0.15) is 0 Å². The summed E-state index contributed by atoms with van der Waals surface area (Å²) in [6.07, 6.45) is 0. The fourth-order valence-corrected chi connectivity index (χ4v) is 1.50. The Morgan fingerprint density at radius 1 is 0.938 bits per heavy atom. The van der Waals surface area contributed by atoms with E-state index in [0.717, 1.165) is 23.5 Å². The van der Waals surface area contributed by atoms with E-state index in [9.17, 15) is 0 Å². The van der Waals surface area contributed by atoms with Crippen LogP contribution < -0.4 is 0 Å². The fraction of sp³-hybridized carbons (Fsp3) is 0.250. The highest BCUT2D eigenvalue weighted by molar-refractivity contribution is 8.04. The van der Waals surface area contributed by atoms with Crippen LogP contribution in [0, 0.1) is 21.3 Å². The maximum absolute atomic E-state index is 7.99. The van der Waals surface area contributed by atoms with E-state index in [1.165, 1.54) is 11.1 Å². The summed E-state index contributed by atoms with van der Waals surface area (Å²) in [4.78, 5) is 0. The lowest BCUT2D eigenvalue weighted by Gasteiger charge is -1.84. The minimum absolute atomic E-state index is 0.474. The summed E-state index contributed by atoms with van der Waals surface area (Å²) < 4.78 is 0. The van der Waals surface area contributed by atoms with E-state index in [1.54, 1.807) is 0 Å². The quantitative estimate of drug-likeness (QED) is 0.675. The van der Waals surface area contributed by atoms with Crippen LogP contribution in [0.2, 0.25) is 0 Å². The average molecular weight is 336 g/mol.